The molecule has 1 aliphatic rings. The molecule has 0 unspecified atom stereocenters. The van der Waals surface area contributed by atoms with Gasteiger partial charge in [0.1, 0.15) is 0 Å². The van der Waals surface area contributed by atoms with Crippen LogP contribution in [0.25, 0.3) is 0 Å². The average molecular weight is 117 g/mol. The summed E-state index contributed by atoms with van der Waals surface area (Å²) in [5.74, 6) is 0.230. The standard InChI is InChI=1S/C5H5ClO/c6-3-5(7)4-1-2-4/h1H,2-3H2. The van der Waals surface area contributed by atoms with Gasteiger partial charge in [0, 0.05) is 0 Å². The average Bonchev–Trinajstić information content (AvgIpc) is 2.44. The second-order valence-corrected chi connectivity index (χ2v) is 1.76. The summed E-state index contributed by atoms with van der Waals surface area (Å²) >= 11 is 5.20. The molecule has 0 saturated heterocycles. The van der Waals surface area contributed by atoms with E-state index in [4.69, 9.17) is 11.6 Å². The third-order valence-corrected chi connectivity index (χ3v) is 1.13. The maximum Gasteiger partial charge on any atom is 0.173 e. The number of hydrogen-bond donors (Lipinski definition) is 0. The Labute approximate surface area is 47.0 Å². The highest BCUT2D eigenvalue weighted by Gasteiger charge is 2.14. The van der Waals surface area contributed by atoms with E-state index in [2.05, 4.69) is 0 Å². The zero-order chi connectivity index (χ0) is 5.28. The van der Waals surface area contributed by atoms with E-state index in [-0.39, 0.29) is 11.7 Å². The Hall–Kier alpha value is -0.300. The van der Waals surface area contributed by atoms with Crippen molar-refractivity contribution >= 4 is 17.4 Å². The third-order valence-electron chi connectivity index (χ3n) is 0.888. The minimum Gasteiger partial charge on any atom is -0.293 e. The number of hydrogen-bond acceptors (Lipinski definition) is 1. The fraction of sp³-hybridized carbons (Fsp3) is 0.400. The summed E-state index contributed by atoms with van der Waals surface area (Å²) in [5, 5.41) is 0. The van der Waals surface area contributed by atoms with Crippen LogP contribution in [-0.2, 0) is 4.79 Å². The van der Waals surface area contributed by atoms with Crippen LogP contribution < -0.4 is 0 Å². The van der Waals surface area contributed by atoms with Gasteiger partial charge < -0.3 is 0 Å². The number of carbonyl (C=O) groups excluding carboxylic acids is 1. The highest BCUT2D eigenvalue weighted by atomic mass is 35.5. The molecule has 0 atom stereocenters. The van der Waals surface area contributed by atoms with Crippen molar-refractivity contribution in [3.05, 3.63) is 11.6 Å². The topological polar surface area (TPSA) is 17.1 Å². The molecule has 0 aromatic heterocycles. The molecule has 38 valence electrons. The number of alkyl halides is 1. The van der Waals surface area contributed by atoms with Gasteiger partial charge in [-0.1, -0.05) is 6.08 Å². The van der Waals surface area contributed by atoms with Crippen molar-refractivity contribution in [3.63, 3.8) is 0 Å². The molecule has 0 amide bonds. The lowest BCUT2D eigenvalue weighted by Crippen LogP contribution is -1.93. The fourth-order valence-electron chi connectivity index (χ4n) is 0.365. The Bertz CT molecular complexity index is 126. The first-order valence-electron chi connectivity index (χ1n) is 2.13. The molecule has 2 heteroatoms. The molecule has 0 bridgehead atoms. The minimum absolute atomic E-state index is 0.0849. The van der Waals surface area contributed by atoms with E-state index >= 15 is 0 Å². The van der Waals surface area contributed by atoms with Crippen molar-refractivity contribution in [2.24, 2.45) is 0 Å². The molecule has 1 rings (SSSR count). The van der Waals surface area contributed by atoms with Crippen molar-refractivity contribution in [1.29, 1.82) is 0 Å². The lowest BCUT2D eigenvalue weighted by Gasteiger charge is -1.78. The van der Waals surface area contributed by atoms with Crippen molar-refractivity contribution < 1.29 is 4.79 Å². The number of ketones is 1. The summed E-state index contributed by atoms with van der Waals surface area (Å²) in [4.78, 5) is 10.4. The molecule has 0 aliphatic heterocycles. The molecular weight excluding hydrogens is 112 g/mol. The van der Waals surface area contributed by atoms with Crippen LogP contribution in [0.5, 0.6) is 0 Å². The zero-order valence-corrected chi connectivity index (χ0v) is 4.53. The van der Waals surface area contributed by atoms with Gasteiger partial charge in [0.2, 0.25) is 0 Å². The second kappa shape index (κ2) is 1.66. The number of rotatable bonds is 2. The molecule has 0 aromatic carbocycles. The molecule has 0 aromatic rings. The Kier molecular flexibility index (Phi) is 1.15. The molecular formula is C5H5ClO. The van der Waals surface area contributed by atoms with Gasteiger partial charge in [-0.2, -0.15) is 0 Å². The van der Waals surface area contributed by atoms with Gasteiger partial charge in [-0.15, -0.1) is 11.6 Å². The smallest absolute Gasteiger partial charge is 0.173 e. The summed E-state index contributed by atoms with van der Waals surface area (Å²) in [6, 6.07) is 0. The van der Waals surface area contributed by atoms with Gasteiger partial charge in [-0.05, 0) is 12.0 Å². The molecule has 1 aliphatic carbocycles. The number of halogens is 1. The number of allylic oxidation sites excluding steroid dienone is 2. The number of Topliss-reactive ketones (excluding diaryl/α,β-unsaturated/α-hetero) is 1. The van der Waals surface area contributed by atoms with E-state index in [1.807, 2.05) is 6.08 Å². The molecule has 0 radical (unpaired) electrons. The van der Waals surface area contributed by atoms with E-state index in [9.17, 15) is 4.79 Å². The normalized spacial score (nSPS) is 15.9. The summed E-state index contributed by atoms with van der Waals surface area (Å²) < 4.78 is 0. The molecule has 0 N–H and O–H groups in total. The van der Waals surface area contributed by atoms with E-state index in [0.29, 0.717) is 0 Å². The third kappa shape index (κ3) is 1.03. The SMILES string of the molecule is O=C(CCl)C1=CC1. The maximum absolute atomic E-state index is 10.4. The van der Waals surface area contributed by atoms with Gasteiger partial charge in [0.25, 0.3) is 0 Å². The van der Waals surface area contributed by atoms with Crippen LogP contribution in [0.15, 0.2) is 11.6 Å². The van der Waals surface area contributed by atoms with Crippen molar-refractivity contribution in [3.8, 4) is 0 Å². The molecule has 0 spiro atoms. The predicted molar refractivity (Wildman–Crippen MR) is 28.4 cm³/mol. The first kappa shape index (κ1) is 4.85. The summed E-state index contributed by atoms with van der Waals surface area (Å²) in [7, 11) is 0. The van der Waals surface area contributed by atoms with Gasteiger partial charge >= 0.3 is 0 Å². The van der Waals surface area contributed by atoms with Gasteiger partial charge in [-0.25, -0.2) is 0 Å². The largest absolute Gasteiger partial charge is 0.293 e. The minimum atomic E-state index is 0.0849. The quantitative estimate of drug-likeness (QED) is 0.495. The van der Waals surface area contributed by atoms with E-state index in [1.54, 1.807) is 0 Å². The lowest BCUT2D eigenvalue weighted by molar-refractivity contribution is -0.113. The summed E-state index contributed by atoms with van der Waals surface area (Å²) in [6.45, 7) is 0. The summed E-state index contributed by atoms with van der Waals surface area (Å²) in [5.41, 5.74) is 0.898. The first-order valence-corrected chi connectivity index (χ1v) is 2.66. The molecule has 1 nitrogen and oxygen atoms in total. The van der Waals surface area contributed by atoms with E-state index in [1.165, 1.54) is 0 Å². The van der Waals surface area contributed by atoms with Crippen LogP contribution in [0.3, 0.4) is 0 Å². The monoisotopic (exact) mass is 116 g/mol. The van der Waals surface area contributed by atoms with Crippen LogP contribution in [0.4, 0.5) is 0 Å². The second-order valence-electron chi connectivity index (χ2n) is 1.49. The molecule has 0 fully saturated rings. The molecule has 0 heterocycles. The molecule has 0 saturated carbocycles. The predicted octanol–water partition coefficient (Wildman–Crippen LogP) is 1.12. The van der Waals surface area contributed by atoms with Crippen molar-refractivity contribution in [2.45, 2.75) is 6.42 Å². The van der Waals surface area contributed by atoms with Gasteiger partial charge in [0.05, 0.1) is 5.88 Å². The Balaban J connectivity index is 2.39. The van der Waals surface area contributed by atoms with Crippen LogP contribution in [0.2, 0.25) is 0 Å². The lowest BCUT2D eigenvalue weighted by atomic mass is 10.4. The Morgan fingerprint density at radius 2 is 2.57 bits per heavy atom. The van der Waals surface area contributed by atoms with Crippen molar-refractivity contribution in [1.82, 2.24) is 0 Å². The highest BCUT2D eigenvalue weighted by Crippen LogP contribution is 2.18. The summed E-state index contributed by atoms with van der Waals surface area (Å²) in [6.07, 6.45) is 2.75. The van der Waals surface area contributed by atoms with Crippen LogP contribution in [0, 0.1) is 0 Å². The van der Waals surface area contributed by atoms with E-state index < -0.39 is 0 Å². The number of carbonyl (C=O) groups is 1. The van der Waals surface area contributed by atoms with Crippen molar-refractivity contribution in [2.75, 3.05) is 5.88 Å². The fourth-order valence-corrected chi connectivity index (χ4v) is 0.536. The Morgan fingerprint density at radius 1 is 2.00 bits per heavy atom. The van der Waals surface area contributed by atoms with Crippen LogP contribution >= 0.6 is 11.6 Å². The first-order chi connectivity index (χ1) is 3.34. The Morgan fingerprint density at radius 3 is 2.71 bits per heavy atom. The van der Waals surface area contributed by atoms with Gasteiger partial charge in [0.15, 0.2) is 5.78 Å². The zero-order valence-electron chi connectivity index (χ0n) is 3.78. The van der Waals surface area contributed by atoms with Gasteiger partial charge in [-0.3, -0.25) is 4.79 Å². The van der Waals surface area contributed by atoms with Crippen LogP contribution in [0.1, 0.15) is 6.42 Å². The molecule has 7 heavy (non-hydrogen) atoms. The maximum atomic E-state index is 10.4. The van der Waals surface area contributed by atoms with Crippen LogP contribution in [-0.4, -0.2) is 11.7 Å². The van der Waals surface area contributed by atoms with E-state index in [0.717, 1.165) is 12.0 Å². The highest BCUT2D eigenvalue weighted by molar-refractivity contribution is 6.31.